The van der Waals surface area contributed by atoms with Gasteiger partial charge in [0.1, 0.15) is 12.4 Å². The van der Waals surface area contributed by atoms with E-state index in [2.05, 4.69) is 12.1 Å². The van der Waals surface area contributed by atoms with E-state index in [1.807, 2.05) is 49.4 Å². The van der Waals surface area contributed by atoms with Crippen LogP contribution in [0.25, 0.3) is 0 Å². The molecule has 0 aromatic heterocycles. The quantitative estimate of drug-likeness (QED) is 0.631. The molecule has 0 N–H and O–H groups in total. The van der Waals surface area contributed by atoms with E-state index in [0.717, 1.165) is 11.1 Å². The number of nitriles is 1. The lowest BCUT2D eigenvalue weighted by Crippen LogP contribution is -2.26. The van der Waals surface area contributed by atoms with Crippen molar-refractivity contribution in [3.63, 3.8) is 0 Å². The molecule has 0 aliphatic heterocycles. The highest BCUT2D eigenvalue weighted by Crippen LogP contribution is 2.18. The van der Waals surface area contributed by atoms with Crippen LogP contribution in [0.3, 0.4) is 0 Å². The topological polar surface area (TPSA) is 53.3 Å². The van der Waals surface area contributed by atoms with E-state index in [0.29, 0.717) is 30.0 Å². The second-order valence-corrected chi connectivity index (χ2v) is 6.78. The van der Waals surface area contributed by atoms with Crippen LogP contribution in [0.4, 0.5) is 0 Å². The van der Waals surface area contributed by atoms with Crippen molar-refractivity contribution in [3.8, 4) is 11.8 Å². The summed E-state index contributed by atoms with van der Waals surface area (Å²) in [6.07, 6.45) is 0. The van der Waals surface area contributed by atoms with Gasteiger partial charge in [-0.2, -0.15) is 5.26 Å². The molecule has 140 valence electrons. The Labute approximate surface area is 165 Å². The summed E-state index contributed by atoms with van der Waals surface area (Å²) < 4.78 is 5.86. The molecule has 3 aromatic rings. The average molecular weight is 370 g/mol. The van der Waals surface area contributed by atoms with Crippen molar-refractivity contribution in [1.82, 2.24) is 4.90 Å². The molecule has 0 fully saturated rings. The highest BCUT2D eigenvalue weighted by molar-refractivity contribution is 5.94. The molecule has 3 rings (SSSR count). The second kappa shape index (κ2) is 8.88. The summed E-state index contributed by atoms with van der Waals surface area (Å²) in [4.78, 5) is 14.4. The third-order valence-electron chi connectivity index (χ3n) is 4.39. The van der Waals surface area contributed by atoms with Crippen LogP contribution < -0.4 is 4.74 Å². The van der Waals surface area contributed by atoms with Crippen LogP contribution in [-0.4, -0.2) is 17.9 Å². The van der Waals surface area contributed by atoms with Gasteiger partial charge in [-0.1, -0.05) is 48.0 Å². The Morgan fingerprint density at radius 3 is 2.54 bits per heavy atom. The van der Waals surface area contributed by atoms with E-state index in [4.69, 9.17) is 10.00 Å². The summed E-state index contributed by atoms with van der Waals surface area (Å²) in [5.74, 6) is 0.565. The van der Waals surface area contributed by atoms with Crippen LogP contribution in [0.5, 0.6) is 5.75 Å². The van der Waals surface area contributed by atoms with E-state index in [-0.39, 0.29) is 5.91 Å². The second-order valence-electron chi connectivity index (χ2n) is 6.78. The molecule has 0 heterocycles. The molecule has 1 amide bonds. The molecule has 0 unspecified atom stereocenters. The van der Waals surface area contributed by atoms with Gasteiger partial charge in [0, 0.05) is 19.2 Å². The highest BCUT2D eigenvalue weighted by atomic mass is 16.5. The van der Waals surface area contributed by atoms with Gasteiger partial charge in [-0.25, -0.2) is 0 Å². The molecule has 0 saturated heterocycles. The zero-order chi connectivity index (χ0) is 19.9. The lowest BCUT2D eigenvalue weighted by atomic mass is 10.1. The molecule has 0 aliphatic rings. The first-order valence-electron chi connectivity index (χ1n) is 9.08. The Morgan fingerprint density at radius 2 is 1.75 bits per heavy atom. The third kappa shape index (κ3) is 4.99. The van der Waals surface area contributed by atoms with Crippen LogP contribution in [-0.2, 0) is 13.2 Å². The van der Waals surface area contributed by atoms with Gasteiger partial charge in [-0.05, 0) is 48.4 Å². The fraction of sp³-hybridized carbons (Fsp3) is 0.167. The molecule has 0 bridgehead atoms. The van der Waals surface area contributed by atoms with Crippen molar-refractivity contribution in [2.75, 3.05) is 7.05 Å². The molecule has 4 heteroatoms. The molecule has 0 radical (unpaired) electrons. The molecule has 0 aliphatic carbocycles. The van der Waals surface area contributed by atoms with E-state index in [1.165, 1.54) is 5.56 Å². The van der Waals surface area contributed by atoms with E-state index >= 15 is 0 Å². The Morgan fingerprint density at radius 1 is 1.00 bits per heavy atom. The highest BCUT2D eigenvalue weighted by Gasteiger charge is 2.13. The van der Waals surface area contributed by atoms with Crippen molar-refractivity contribution in [3.05, 3.63) is 101 Å². The Hall–Kier alpha value is -3.58. The van der Waals surface area contributed by atoms with Gasteiger partial charge in [0.2, 0.25) is 0 Å². The summed E-state index contributed by atoms with van der Waals surface area (Å²) in [6.45, 7) is 2.93. The van der Waals surface area contributed by atoms with Gasteiger partial charge in [0.25, 0.3) is 5.91 Å². The molecular formula is C24H22N2O2. The number of hydrogen-bond donors (Lipinski definition) is 0. The SMILES string of the molecule is Cc1cccc(COc2cccc(C(=O)N(C)Cc3cccc(C#N)c3)c2)c1. The summed E-state index contributed by atoms with van der Waals surface area (Å²) >= 11 is 0. The average Bonchev–Trinajstić information content (AvgIpc) is 2.72. The minimum Gasteiger partial charge on any atom is -0.489 e. The van der Waals surface area contributed by atoms with Crippen molar-refractivity contribution < 1.29 is 9.53 Å². The van der Waals surface area contributed by atoms with Gasteiger partial charge in [-0.3, -0.25) is 4.79 Å². The summed E-state index contributed by atoms with van der Waals surface area (Å²) in [5, 5.41) is 9.02. The zero-order valence-corrected chi connectivity index (χ0v) is 16.1. The molecule has 28 heavy (non-hydrogen) atoms. The summed E-state index contributed by atoms with van der Waals surface area (Å²) in [7, 11) is 1.75. The largest absolute Gasteiger partial charge is 0.489 e. The smallest absolute Gasteiger partial charge is 0.254 e. The first kappa shape index (κ1) is 19.2. The molecule has 4 nitrogen and oxygen atoms in total. The number of aryl methyl sites for hydroxylation is 1. The number of amides is 1. The standard InChI is InChI=1S/C24H22N2O2/c1-18-6-3-9-21(12-18)17-28-23-11-5-10-22(14-23)24(27)26(2)16-20-8-4-7-19(13-20)15-25/h3-14H,16-17H2,1-2H3. The molecule has 0 spiro atoms. The normalized spacial score (nSPS) is 10.2. The third-order valence-corrected chi connectivity index (χ3v) is 4.39. The number of benzene rings is 3. The number of ether oxygens (including phenoxy) is 1. The number of hydrogen-bond acceptors (Lipinski definition) is 3. The van der Waals surface area contributed by atoms with Crippen molar-refractivity contribution in [2.24, 2.45) is 0 Å². The van der Waals surface area contributed by atoms with E-state index < -0.39 is 0 Å². The number of carbonyl (C=O) groups is 1. The van der Waals surface area contributed by atoms with Crippen LogP contribution in [0.2, 0.25) is 0 Å². The zero-order valence-electron chi connectivity index (χ0n) is 16.1. The lowest BCUT2D eigenvalue weighted by molar-refractivity contribution is 0.0784. The predicted octanol–water partition coefficient (Wildman–Crippen LogP) is 4.72. The van der Waals surface area contributed by atoms with Crippen molar-refractivity contribution in [2.45, 2.75) is 20.1 Å². The first-order valence-corrected chi connectivity index (χ1v) is 9.08. The molecular weight excluding hydrogens is 348 g/mol. The van der Waals surface area contributed by atoms with Crippen molar-refractivity contribution in [1.29, 1.82) is 5.26 Å². The Kier molecular flexibility index (Phi) is 6.08. The van der Waals surface area contributed by atoms with E-state index in [1.54, 1.807) is 36.2 Å². The maximum absolute atomic E-state index is 12.8. The van der Waals surface area contributed by atoms with E-state index in [9.17, 15) is 4.79 Å². The van der Waals surface area contributed by atoms with Gasteiger partial charge >= 0.3 is 0 Å². The van der Waals surface area contributed by atoms with Gasteiger partial charge in [0.05, 0.1) is 11.6 Å². The molecule has 0 saturated carbocycles. The first-order chi connectivity index (χ1) is 13.5. The fourth-order valence-corrected chi connectivity index (χ4v) is 2.99. The Balaban J connectivity index is 1.66. The number of carbonyl (C=O) groups excluding carboxylic acids is 1. The lowest BCUT2D eigenvalue weighted by Gasteiger charge is -2.18. The van der Waals surface area contributed by atoms with Crippen LogP contribution in [0.1, 0.15) is 32.6 Å². The maximum Gasteiger partial charge on any atom is 0.254 e. The van der Waals surface area contributed by atoms with Crippen LogP contribution in [0.15, 0.2) is 72.8 Å². The molecule has 0 atom stereocenters. The molecule has 3 aromatic carbocycles. The monoisotopic (exact) mass is 370 g/mol. The van der Waals surface area contributed by atoms with Crippen LogP contribution in [0, 0.1) is 18.3 Å². The number of nitrogens with zero attached hydrogens (tertiary/aromatic N) is 2. The maximum atomic E-state index is 12.8. The van der Waals surface area contributed by atoms with Crippen LogP contribution >= 0.6 is 0 Å². The predicted molar refractivity (Wildman–Crippen MR) is 109 cm³/mol. The van der Waals surface area contributed by atoms with Gasteiger partial charge in [0.15, 0.2) is 0 Å². The van der Waals surface area contributed by atoms with Crippen molar-refractivity contribution >= 4 is 5.91 Å². The van der Waals surface area contributed by atoms with Gasteiger partial charge < -0.3 is 9.64 Å². The fourth-order valence-electron chi connectivity index (χ4n) is 2.99. The minimum atomic E-state index is -0.0941. The Bertz CT molecular complexity index is 1020. The summed E-state index contributed by atoms with van der Waals surface area (Å²) in [5.41, 5.74) is 4.35. The number of rotatable bonds is 6. The minimum absolute atomic E-state index is 0.0941. The van der Waals surface area contributed by atoms with Gasteiger partial charge in [-0.15, -0.1) is 0 Å². The summed E-state index contributed by atoms with van der Waals surface area (Å²) in [6, 6.07) is 24.8.